The van der Waals surface area contributed by atoms with Gasteiger partial charge >= 0.3 is 5.63 Å². The molecular formula is C18H23NO3. The molecule has 118 valence electrons. The van der Waals surface area contributed by atoms with Gasteiger partial charge in [-0.2, -0.15) is 0 Å². The number of fused-ring (bicyclic) bond motifs is 1. The van der Waals surface area contributed by atoms with E-state index in [2.05, 4.69) is 18.9 Å². The minimum absolute atomic E-state index is 0.113. The summed E-state index contributed by atoms with van der Waals surface area (Å²) in [4.78, 5) is 14.1. The summed E-state index contributed by atoms with van der Waals surface area (Å²) in [5, 5.41) is 10.4. The molecule has 1 aliphatic carbocycles. The van der Waals surface area contributed by atoms with E-state index in [1.54, 1.807) is 12.1 Å². The highest BCUT2D eigenvalue weighted by Gasteiger charge is 2.22. The Hall–Kier alpha value is -1.81. The molecule has 22 heavy (non-hydrogen) atoms. The van der Waals surface area contributed by atoms with Crippen molar-refractivity contribution < 1.29 is 9.52 Å². The molecule has 1 fully saturated rings. The van der Waals surface area contributed by atoms with E-state index in [0.717, 1.165) is 23.4 Å². The van der Waals surface area contributed by atoms with Crippen molar-refractivity contribution in [2.24, 2.45) is 5.92 Å². The van der Waals surface area contributed by atoms with Gasteiger partial charge in [0.15, 0.2) is 0 Å². The van der Waals surface area contributed by atoms with Crippen molar-refractivity contribution >= 4 is 11.0 Å². The molecule has 1 saturated carbocycles. The summed E-state index contributed by atoms with van der Waals surface area (Å²) in [6.07, 6.45) is 5.00. The second-order valence-electron chi connectivity index (χ2n) is 6.60. The Morgan fingerprint density at radius 1 is 1.23 bits per heavy atom. The van der Waals surface area contributed by atoms with Gasteiger partial charge in [0.1, 0.15) is 11.3 Å². The molecule has 0 spiro atoms. The summed E-state index contributed by atoms with van der Waals surface area (Å²) < 4.78 is 5.19. The van der Waals surface area contributed by atoms with Gasteiger partial charge in [0.25, 0.3) is 0 Å². The number of phenolic OH excluding ortho intramolecular Hbond substituents is 1. The lowest BCUT2D eigenvalue weighted by atomic mass is 9.86. The summed E-state index contributed by atoms with van der Waals surface area (Å²) >= 11 is 0. The molecule has 0 atom stereocenters. The van der Waals surface area contributed by atoms with E-state index in [1.807, 2.05) is 6.07 Å². The summed E-state index contributed by atoms with van der Waals surface area (Å²) in [5.41, 5.74) is 1.05. The van der Waals surface area contributed by atoms with Gasteiger partial charge in [-0.25, -0.2) is 4.79 Å². The van der Waals surface area contributed by atoms with E-state index >= 15 is 0 Å². The predicted octanol–water partition coefficient (Wildman–Crippen LogP) is 3.51. The Labute approximate surface area is 130 Å². The van der Waals surface area contributed by atoms with Crippen molar-refractivity contribution in [1.29, 1.82) is 0 Å². The van der Waals surface area contributed by atoms with Gasteiger partial charge in [-0.1, -0.05) is 6.92 Å². The fourth-order valence-corrected chi connectivity index (χ4v) is 3.43. The van der Waals surface area contributed by atoms with E-state index in [4.69, 9.17) is 4.42 Å². The standard InChI is InChI=1S/C18H23NO3/c1-12-3-5-14(6-4-12)19(2)11-13-9-18(21)22-17-10-15(20)7-8-16(13)17/h7-10,12,14,20H,3-6,11H2,1-2H3. The van der Waals surface area contributed by atoms with E-state index in [0.29, 0.717) is 11.6 Å². The molecule has 0 aliphatic heterocycles. The second kappa shape index (κ2) is 6.13. The molecular weight excluding hydrogens is 278 g/mol. The topological polar surface area (TPSA) is 53.7 Å². The molecule has 0 unspecified atom stereocenters. The van der Waals surface area contributed by atoms with Gasteiger partial charge in [0, 0.05) is 30.1 Å². The largest absolute Gasteiger partial charge is 0.508 e. The first-order chi connectivity index (χ1) is 10.5. The molecule has 0 amide bonds. The number of hydrogen-bond acceptors (Lipinski definition) is 4. The van der Waals surface area contributed by atoms with E-state index < -0.39 is 0 Å². The first kappa shape index (κ1) is 15.1. The van der Waals surface area contributed by atoms with Crippen LogP contribution in [0.1, 0.15) is 38.2 Å². The van der Waals surface area contributed by atoms with Gasteiger partial charge in [0.05, 0.1) is 0 Å². The van der Waals surface area contributed by atoms with E-state index in [1.165, 1.54) is 31.7 Å². The van der Waals surface area contributed by atoms with Crippen LogP contribution in [0.5, 0.6) is 5.75 Å². The quantitative estimate of drug-likeness (QED) is 0.881. The van der Waals surface area contributed by atoms with Gasteiger partial charge in [-0.05, 0) is 56.3 Å². The third-order valence-electron chi connectivity index (χ3n) is 4.84. The van der Waals surface area contributed by atoms with Crippen LogP contribution in [-0.2, 0) is 6.54 Å². The SMILES string of the molecule is CC1CCC(N(C)Cc2cc(=O)oc3cc(O)ccc23)CC1. The Kier molecular flexibility index (Phi) is 4.21. The zero-order valence-corrected chi connectivity index (χ0v) is 13.2. The van der Waals surface area contributed by atoms with Gasteiger partial charge in [-0.15, -0.1) is 0 Å². The first-order valence-electron chi connectivity index (χ1n) is 7.99. The number of rotatable bonds is 3. The Morgan fingerprint density at radius 2 is 1.95 bits per heavy atom. The third-order valence-corrected chi connectivity index (χ3v) is 4.84. The highest BCUT2D eigenvalue weighted by atomic mass is 16.4. The number of aromatic hydroxyl groups is 1. The van der Waals surface area contributed by atoms with Crippen LogP contribution in [0.15, 0.2) is 33.5 Å². The lowest BCUT2D eigenvalue weighted by Crippen LogP contribution is -2.34. The minimum Gasteiger partial charge on any atom is -0.508 e. The highest BCUT2D eigenvalue weighted by molar-refractivity contribution is 5.81. The van der Waals surface area contributed by atoms with Crippen LogP contribution in [-0.4, -0.2) is 23.1 Å². The van der Waals surface area contributed by atoms with Crippen molar-refractivity contribution in [2.45, 2.75) is 45.2 Å². The third kappa shape index (κ3) is 3.17. The Balaban J connectivity index is 1.85. The Morgan fingerprint density at radius 3 is 2.68 bits per heavy atom. The van der Waals surface area contributed by atoms with Crippen molar-refractivity contribution in [3.05, 3.63) is 40.2 Å². The van der Waals surface area contributed by atoms with Crippen molar-refractivity contribution in [3.8, 4) is 5.75 Å². The van der Waals surface area contributed by atoms with Gasteiger partial charge in [-0.3, -0.25) is 4.90 Å². The molecule has 0 saturated heterocycles. The van der Waals surface area contributed by atoms with Crippen LogP contribution in [0.25, 0.3) is 11.0 Å². The summed E-state index contributed by atoms with van der Waals surface area (Å²) in [6, 6.07) is 7.10. The van der Waals surface area contributed by atoms with Crippen LogP contribution >= 0.6 is 0 Å². The van der Waals surface area contributed by atoms with Crippen LogP contribution in [0.2, 0.25) is 0 Å². The molecule has 1 aromatic heterocycles. The lowest BCUT2D eigenvalue weighted by Gasteiger charge is -2.33. The average Bonchev–Trinajstić information content (AvgIpc) is 2.47. The van der Waals surface area contributed by atoms with Crippen LogP contribution < -0.4 is 5.63 Å². The fourth-order valence-electron chi connectivity index (χ4n) is 3.43. The summed E-state index contributed by atoms with van der Waals surface area (Å²) in [5.74, 6) is 0.944. The van der Waals surface area contributed by atoms with Crippen molar-refractivity contribution in [1.82, 2.24) is 4.90 Å². The normalized spacial score (nSPS) is 22.3. The monoisotopic (exact) mass is 301 g/mol. The number of benzene rings is 1. The van der Waals surface area contributed by atoms with Gasteiger partial charge in [0.2, 0.25) is 0 Å². The maximum Gasteiger partial charge on any atom is 0.336 e. The van der Waals surface area contributed by atoms with E-state index in [-0.39, 0.29) is 11.4 Å². The van der Waals surface area contributed by atoms with Crippen LogP contribution in [0.4, 0.5) is 0 Å². The molecule has 1 aromatic carbocycles. The maximum absolute atomic E-state index is 11.7. The summed E-state index contributed by atoms with van der Waals surface area (Å²) in [7, 11) is 2.13. The molecule has 4 heteroatoms. The van der Waals surface area contributed by atoms with Crippen LogP contribution in [0, 0.1) is 5.92 Å². The number of hydrogen-bond donors (Lipinski definition) is 1. The molecule has 0 radical (unpaired) electrons. The smallest absolute Gasteiger partial charge is 0.336 e. The molecule has 1 aliphatic rings. The molecule has 0 bridgehead atoms. The second-order valence-corrected chi connectivity index (χ2v) is 6.60. The molecule has 2 aromatic rings. The molecule has 4 nitrogen and oxygen atoms in total. The first-order valence-corrected chi connectivity index (χ1v) is 7.99. The zero-order chi connectivity index (χ0) is 15.7. The minimum atomic E-state index is -0.362. The van der Waals surface area contributed by atoms with Crippen molar-refractivity contribution in [3.63, 3.8) is 0 Å². The average molecular weight is 301 g/mol. The molecule has 3 rings (SSSR count). The fraction of sp³-hybridized carbons (Fsp3) is 0.500. The number of phenols is 1. The lowest BCUT2D eigenvalue weighted by molar-refractivity contribution is 0.164. The number of nitrogens with zero attached hydrogens (tertiary/aromatic N) is 1. The zero-order valence-electron chi connectivity index (χ0n) is 13.2. The van der Waals surface area contributed by atoms with Gasteiger partial charge < -0.3 is 9.52 Å². The van der Waals surface area contributed by atoms with Crippen molar-refractivity contribution in [2.75, 3.05) is 7.05 Å². The molecule has 1 heterocycles. The Bertz CT molecular complexity index is 714. The van der Waals surface area contributed by atoms with E-state index in [9.17, 15) is 9.90 Å². The highest BCUT2D eigenvalue weighted by Crippen LogP contribution is 2.28. The maximum atomic E-state index is 11.7. The summed E-state index contributed by atoms with van der Waals surface area (Å²) in [6.45, 7) is 3.05. The molecule has 1 N–H and O–H groups in total. The predicted molar refractivity (Wildman–Crippen MR) is 87.0 cm³/mol. The van der Waals surface area contributed by atoms with Crippen LogP contribution in [0.3, 0.4) is 0 Å².